The highest BCUT2D eigenvalue weighted by molar-refractivity contribution is 5.79. The van der Waals surface area contributed by atoms with Crippen molar-refractivity contribution < 1.29 is 13.9 Å². The molecule has 1 aliphatic heterocycles. The number of rotatable bonds is 4. The van der Waals surface area contributed by atoms with Crippen molar-refractivity contribution >= 4 is 22.8 Å². The SMILES string of the molecule is O=C(COc1ccc2ccc(=O)oc2c1)N1CCCN(c2ncccn2)CC1. The van der Waals surface area contributed by atoms with Gasteiger partial charge in [0.2, 0.25) is 5.95 Å². The second-order valence-corrected chi connectivity index (χ2v) is 6.51. The van der Waals surface area contributed by atoms with Crippen LogP contribution in [-0.4, -0.2) is 53.6 Å². The molecule has 0 N–H and O–H groups in total. The summed E-state index contributed by atoms with van der Waals surface area (Å²) in [5, 5.41) is 0.800. The van der Waals surface area contributed by atoms with Gasteiger partial charge in [0, 0.05) is 56.1 Å². The van der Waals surface area contributed by atoms with Crippen molar-refractivity contribution in [3.63, 3.8) is 0 Å². The van der Waals surface area contributed by atoms with Gasteiger partial charge >= 0.3 is 5.63 Å². The van der Waals surface area contributed by atoms with Crippen molar-refractivity contribution in [1.82, 2.24) is 14.9 Å². The Morgan fingerprint density at radius 2 is 1.89 bits per heavy atom. The maximum absolute atomic E-state index is 12.6. The zero-order valence-electron chi connectivity index (χ0n) is 15.3. The Kier molecular flexibility index (Phi) is 5.18. The lowest BCUT2D eigenvalue weighted by atomic mass is 10.2. The minimum Gasteiger partial charge on any atom is -0.484 e. The summed E-state index contributed by atoms with van der Waals surface area (Å²) in [6.07, 6.45) is 4.27. The van der Waals surface area contributed by atoms with E-state index >= 15 is 0 Å². The third kappa shape index (κ3) is 4.11. The van der Waals surface area contributed by atoms with E-state index < -0.39 is 5.63 Å². The van der Waals surface area contributed by atoms with Crippen LogP contribution in [0, 0.1) is 0 Å². The highest BCUT2D eigenvalue weighted by atomic mass is 16.5. The van der Waals surface area contributed by atoms with Crippen LogP contribution in [-0.2, 0) is 4.79 Å². The van der Waals surface area contributed by atoms with Gasteiger partial charge < -0.3 is 19.0 Å². The van der Waals surface area contributed by atoms with Gasteiger partial charge in [-0.1, -0.05) is 0 Å². The number of amides is 1. The third-order valence-corrected chi connectivity index (χ3v) is 4.64. The Hall–Kier alpha value is -3.42. The quantitative estimate of drug-likeness (QED) is 0.637. The Morgan fingerprint density at radius 3 is 2.75 bits per heavy atom. The molecule has 3 aromatic rings. The lowest BCUT2D eigenvalue weighted by Crippen LogP contribution is -2.38. The fourth-order valence-electron chi connectivity index (χ4n) is 3.19. The summed E-state index contributed by atoms with van der Waals surface area (Å²) in [7, 11) is 0. The van der Waals surface area contributed by atoms with Crippen LogP contribution in [0.4, 0.5) is 5.95 Å². The lowest BCUT2D eigenvalue weighted by Gasteiger charge is -2.22. The lowest BCUT2D eigenvalue weighted by molar-refractivity contribution is -0.133. The Labute approximate surface area is 161 Å². The van der Waals surface area contributed by atoms with Gasteiger partial charge in [0.05, 0.1) is 0 Å². The predicted molar refractivity (Wildman–Crippen MR) is 103 cm³/mol. The number of carbonyl (C=O) groups excluding carboxylic acids is 1. The number of carbonyl (C=O) groups is 1. The van der Waals surface area contributed by atoms with Crippen molar-refractivity contribution in [2.45, 2.75) is 6.42 Å². The Morgan fingerprint density at radius 1 is 1.07 bits per heavy atom. The molecular formula is C20H20N4O4. The number of ether oxygens (including phenoxy) is 1. The molecule has 28 heavy (non-hydrogen) atoms. The average Bonchev–Trinajstić information content (AvgIpc) is 2.99. The molecule has 0 bridgehead atoms. The van der Waals surface area contributed by atoms with E-state index in [2.05, 4.69) is 14.9 Å². The van der Waals surface area contributed by atoms with E-state index in [1.165, 1.54) is 6.07 Å². The first-order valence-corrected chi connectivity index (χ1v) is 9.15. The number of benzene rings is 1. The first-order chi connectivity index (χ1) is 13.7. The molecule has 144 valence electrons. The zero-order chi connectivity index (χ0) is 19.3. The van der Waals surface area contributed by atoms with Crippen molar-refractivity contribution in [1.29, 1.82) is 0 Å². The molecule has 3 heterocycles. The molecule has 1 saturated heterocycles. The predicted octanol–water partition coefficient (Wildman–Crippen LogP) is 1.70. The van der Waals surface area contributed by atoms with E-state index in [0.717, 1.165) is 18.4 Å². The van der Waals surface area contributed by atoms with Gasteiger partial charge in [-0.2, -0.15) is 0 Å². The maximum Gasteiger partial charge on any atom is 0.336 e. The highest BCUT2D eigenvalue weighted by Crippen LogP contribution is 2.19. The van der Waals surface area contributed by atoms with Crippen LogP contribution in [0.15, 0.2) is 58.0 Å². The molecule has 0 unspecified atom stereocenters. The van der Waals surface area contributed by atoms with E-state index in [-0.39, 0.29) is 12.5 Å². The first kappa shape index (κ1) is 18.0. The fraction of sp³-hybridized carbons (Fsp3) is 0.300. The molecule has 1 fully saturated rings. The molecule has 8 heteroatoms. The minimum absolute atomic E-state index is 0.0651. The van der Waals surface area contributed by atoms with Crippen LogP contribution >= 0.6 is 0 Å². The molecule has 0 aliphatic carbocycles. The number of fused-ring (bicyclic) bond motifs is 1. The van der Waals surface area contributed by atoms with E-state index in [0.29, 0.717) is 36.9 Å². The Bertz CT molecular complexity index is 1020. The van der Waals surface area contributed by atoms with Crippen molar-refractivity contribution in [3.05, 3.63) is 59.2 Å². The molecule has 0 saturated carbocycles. The van der Waals surface area contributed by atoms with Gasteiger partial charge in [0.25, 0.3) is 5.91 Å². The molecular weight excluding hydrogens is 360 g/mol. The van der Waals surface area contributed by atoms with Crippen LogP contribution in [0.5, 0.6) is 5.75 Å². The van der Waals surface area contributed by atoms with E-state index in [1.54, 1.807) is 47.6 Å². The highest BCUT2D eigenvalue weighted by Gasteiger charge is 2.20. The fourth-order valence-corrected chi connectivity index (χ4v) is 3.19. The van der Waals surface area contributed by atoms with Crippen LogP contribution in [0.3, 0.4) is 0 Å². The summed E-state index contributed by atoms with van der Waals surface area (Å²) in [5.74, 6) is 1.10. The smallest absolute Gasteiger partial charge is 0.336 e. The standard InChI is InChI=1S/C20H20N4O4/c25-18(14-27-16-5-3-15-4-6-19(26)28-17(15)13-16)23-9-2-10-24(12-11-23)20-21-7-1-8-22-20/h1,3-8,13H,2,9-12,14H2. The van der Waals surface area contributed by atoms with Crippen molar-refractivity contribution in [2.24, 2.45) is 0 Å². The zero-order valence-corrected chi connectivity index (χ0v) is 15.3. The molecule has 8 nitrogen and oxygen atoms in total. The molecule has 0 radical (unpaired) electrons. The van der Waals surface area contributed by atoms with Gasteiger partial charge in [0.1, 0.15) is 11.3 Å². The molecule has 0 atom stereocenters. The number of hydrogen-bond acceptors (Lipinski definition) is 7. The molecule has 1 amide bonds. The number of aromatic nitrogens is 2. The maximum atomic E-state index is 12.6. The molecule has 1 aliphatic rings. The van der Waals surface area contributed by atoms with Gasteiger partial charge in [-0.15, -0.1) is 0 Å². The van der Waals surface area contributed by atoms with Crippen LogP contribution < -0.4 is 15.3 Å². The van der Waals surface area contributed by atoms with Crippen LogP contribution in [0.25, 0.3) is 11.0 Å². The first-order valence-electron chi connectivity index (χ1n) is 9.15. The summed E-state index contributed by atoms with van der Waals surface area (Å²) in [5.41, 5.74) is 0.0166. The topological polar surface area (TPSA) is 88.8 Å². The van der Waals surface area contributed by atoms with E-state index in [1.807, 2.05) is 0 Å². The number of anilines is 1. The largest absolute Gasteiger partial charge is 0.484 e. The summed E-state index contributed by atoms with van der Waals surface area (Å²) < 4.78 is 10.8. The summed E-state index contributed by atoms with van der Waals surface area (Å²) in [6.45, 7) is 2.67. The van der Waals surface area contributed by atoms with E-state index in [9.17, 15) is 9.59 Å². The second-order valence-electron chi connectivity index (χ2n) is 6.51. The number of nitrogens with zero attached hydrogens (tertiary/aromatic N) is 4. The van der Waals surface area contributed by atoms with Gasteiger partial charge in [-0.25, -0.2) is 14.8 Å². The summed E-state index contributed by atoms with van der Waals surface area (Å²) >= 11 is 0. The average molecular weight is 380 g/mol. The van der Waals surface area contributed by atoms with Gasteiger partial charge in [0.15, 0.2) is 6.61 Å². The minimum atomic E-state index is -0.419. The molecule has 0 spiro atoms. The van der Waals surface area contributed by atoms with Crippen molar-refractivity contribution in [2.75, 3.05) is 37.7 Å². The monoisotopic (exact) mass is 380 g/mol. The molecule has 1 aromatic carbocycles. The van der Waals surface area contributed by atoms with Gasteiger partial charge in [-0.05, 0) is 30.7 Å². The molecule has 2 aromatic heterocycles. The molecule has 4 rings (SSSR count). The second kappa shape index (κ2) is 8.08. The summed E-state index contributed by atoms with van der Waals surface area (Å²) in [6, 6.07) is 10.0. The third-order valence-electron chi connectivity index (χ3n) is 4.64. The van der Waals surface area contributed by atoms with Crippen molar-refractivity contribution in [3.8, 4) is 5.75 Å². The normalized spacial score (nSPS) is 14.7. The van der Waals surface area contributed by atoms with Gasteiger partial charge in [-0.3, -0.25) is 4.79 Å². The van der Waals surface area contributed by atoms with Crippen LogP contribution in [0.1, 0.15) is 6.42 Å². The van der Waals surface area contributed by atoms with Crippen LogP contribution in [0.2, 0.25) is 0 Å². The number of hydrogen-bond donors (Lipinski definition) is 0. The van der Waals surface area contributed by atoms with E-state index in [4.69, 9.17) is 9.15 Å². The summed E-state index contributed by atoms with van der Waals surface area (Å²) in [4.78, 5) is 36.3. The Balaban J connectivity index is 1.35.